The van der Waals surface area contributed by atoms with Crippen LogP contribution in [0.4, 0.5) is 20.8 Å². The molecule has 1 aliphatic rings. The van der Waals surface area contributed by atoms with E-state index in [0.717, 1.165) is 16.6 Å². The van der Waals surface area contributed by atoms with E-state index in [4.69, 9.17) is 10.8 Å². The Kier molecular flexibility index (Phi) is 4.45. The number of halogens is 1. The zero-order chi connectivity index (χ0) is 18.3. The van der Waals surface area contributed by atoms with Crippen molar-refractivity contribution in [3.05, 3.63) is 17.7 Å². The van der Waals surface area contributed by atoms with E-state index >= 15 is 0 Å². The molecule has 1 aromatic heterocycles. The minimum absolute atomic E-state index is 0.178. The van der Waals surface area contributed by atoms with Crippen LogP contribution in [0.15, 0.2) is 12.1 Å². The summed E-state index contributed by atoms with van der Waals surface area (Å²) in [5.41, 5.74) is 9.55. The van der Waals surface area contributed by atoms with Gasteiger partial charge in [-0.05, 0) is 23.6 Å². The average Bonchev–Trinajstić information content (AvgIpc) is 2.81. The van der Waals surface area contributed by atoms with Crippen LogP contribution in [0.5, 0.6) is 0 Å². The summed E-state index contributed by atoms with van der Waals surface area (Å²) in [6, 6.07) is 3.41. The second-order valence-electron chi connectivity index (χ2n) is 6.98. The lowest BCUT2D eigenvalue weighted by Gasteiger charge is -2.35. The van der Waals surface area contributed by atoms with E-state index in [1.54, 1.807) is 4.90 Å². The summed E-state index contributed by atoms with van der Waals surface area (Å²) < 4.78 is 16.0. The number of carbonyl (C=O) groups is 1. The molecule has 4 N–H and O–H groups in total. The van der Waals surface area contributed by atoms with Crippen LogP contribution >= 0.6 is 0 Å². The van der Waals surface area contributed by atoms with Crippen molar-refractivity contribution in [3.63, 3.8) is 0 Å². The Morgan fingerprint density at radius 3 is 2.80 bits per heavy atom. The largest absolute Gasteiger partial charge is 0.465 e. The summed E-state index contributed by atoms with van der Waals surface area (Å²) in [4.78, 5) is 17.3. The summed E-state index contributed by atoms with van der Waals surface area (Å²) in [6.45, 7) is 4.74. The Bertz CT molecular complexity index is 804. The van der Waals surface area contributed by atoms with Crippen LogP contribution in [-0.4, -0.2) is 46.1 Å². The van der Waals surface area contributed by atoms with Crippen molar-refractivity contribution in [2.75, 3.05) is 23.7 Å². The molecule has 3 rings (SSSR count). The molecule has 0 spiro atoms. The van der Waals surface area contributed by atoms with Gasteiger partial charge in [-0.2, -0.15) is 0 Å². The molecule has 0 bridgehead atoms. The molecule has 2 aromatic rings. The number of carboxylic acid groups (broad SMARTS) is 1. The van der Waals surface area contributed by atoms with Crippen LogP contribution < -0.4 is 16.0 Å². The van der Waals surface area contributed by atoms with Crippen molar-refractivity contribution < 1.29 is 14.3 Å². The third kappa shape index (κ3) is 3.33. The lowest BCUT2D eigenvalue weighted by atomic mass is 10.0. The fourth-order valence-electron chi connectivity index (χ4n) is 3.52. The quantitative estimate of drug-likeness (QED) is 0.740. The summed E-state index contributed by atoms with van der Waals surface area (Å²) in [5, 5.41) is 11.3. The molecule has 0 radical (unpaired) electrons. The summed E-state index contributed by atoms with van der Waals surface area (Å²) in [6.07, 6.45) is -2.07. The number of nitrogens with one attached hydrogen (secondary N) is 1. The molecule has 0 aliphatic carbocycles. The Hall–Kier alpha value is -2.51. The first-order valence-electron chi connectivity index (χ1n) is 8.40. The highest BCUT2D eigenvalue weighted by Crippen LogP contribution is 2.31. The van der Waals surface area contributed by atoms with E-state index in [1.807, 2.05) is 23.7 Å². The molecule has 1 aromatic carbocycles. The highest BCUT2D eigenvalue weighted by Gasteiger charge is 2.30. The predicted molar refractivity (Wildman–Crippen MR) is 95.9 cm³/mol. The van der Waals surface area contributed by atoms with Crippen molar-refractivity contribution in [2.24, 2.45) is 7.05 Å². The third-order valence-corrected chi connectivity index (χ3v) is 4.69. The van der Waals surface area contributed by atoms with Crippen molar-refractivity contribution in [1.82, 2.24) is 14.9 Å². The average molecular weight is 349 g/mol. The van der Waals surface area contributed by atoms with E-state index in [0.29, 0.717) is 18.2 Å². The van der Waals surface area contributed by atoms with Crippen LogP contribution in [0.1, 0.15) is 31.7 Å². The highest BCUT2D eigenvalue weighted by molar-refractivity contribution is 5.84. The van der Waals surface area contributed by atoms with E-state index in [9.17, 15) is 9.18 Å². The summed E-state index contributed by atoms with van der Waals surface area (Å²) >= 11 is 0. The molecule has 136 valence electrons. The number of nitrogens with zero attached hydrogens (tertiary/aromatic N) is 3. The molecule has 1 saturated heterocycles. The molecule has 2 heterocycles. The van der Waals surface area contributed by atoms with E-state index in [1.165, 1.54) is 0 Å². The molecular formula is C17H24FN5O2. The summed E-state index contributed by atoms with van der Waals surface area (Å²) in [7, 11) is 1.88. The second kappa shape index (κ2) is 6.42. The first-order chi connectivity index (χ1) is 11.8. The lowest BCUT2D eigenvalue weighted by Crippen LogP contribution is -2.52. The number of aromatic nitrogens is 2. The number of hydrogen-bond acceptors (Lipinski definition) is 4. The van der Waals surface area contributed by atoms with Gasteiger partial charge in [-0.3, -0.25) is 0 Å². The molecule has 2 atom stereocenters. The maximum atomic E-state index is 14.1. The molecule has 0 saturated carbocycles. The van der Waals surface area contributed by atoms with Gasteiger partial charge in [0.2, 0.25) is 5.95 Å². The lowest BCUT2D eigenvalue weighted by molar-refractivity contribution is 0.180. The van der Waals surface area contributed by atoms with E-state index in [-0.39, 0.29) is 18.9 Å². The molecule has 7 nitrogen and oxygen atoms in total. The number of anilines is 2. The number of amides is 1. The van der Waals surface area contributed by atoms with Crippen LogP contribution in [-0.2, 0) is 7.05 Å². The number of alkyl halides is 1. The van der Waals surface area contributed by atoms with Gasteiger partial charge < -0.3 is 25.6 Å². The van der Waals surface area contributed by atoms with Gasteiger partial charge in [0.05, 0.1) is 23.6 Å². The number of fused-ring (bicyclic) bond motifs is 1. The molecule has 1 amide bonds. The Labute approximate surface area is 145 Å². The molecule has 1 fully saturated rings. The number of aryl methyl sites for hydroxylation is 1. The number of rotatable bonds is 3. The molecule has 25 heavy (non-hydrogen) atoms. The highest BCUT2D eigenvalue weighted by atomic mass is 19.1. The smallest absolute Gasteiger partial charge is 0.404 e. The maximum absolute atomic E-state index is 14.1. The SMILES string of the molecule is CC(C)c1cc2c(cc1N)nc(N1C[C@H](F)C[C@@H](NC(=O)O)C1)n2C. The van der Waals surface area contributed by atoms with Crippen LogP contribution in [0, 0.1) is 0 Å². The zero-order valence-corrected chi connectivity index (χ0v) is 14.7. The van der Waals surface area contributed by atoms with Crippen molar-refractivity contribution in [1.29, 1.82) is 0 Å². The van der Waals surface area contributed by atoms with Gasteiger partial charge in [0.15, 0.2) is 0 Å². The van der Waals surface area contributed by atoms with Gasteiger partial charge in [-0.1, -0.05) is 13.8 Å². The molecule has 0 unspecified atom stereocenters. The third-order valence-electron chi connectivity index (χ3n) is 4.69. The van der Waals surface area contributed by atoms with Gasteiger partial charge in [-0.25, -0.2) is 14.2 Å². The van der Waals surface area contributed by atoms with Gasteiger partial charge in [0.25, 0.3) is 0 Å². The number of piperidine rings is 1. The van der Waals surface area contributed by atoms with Gasteiger partial charge >= 0.3 is 6.09 Å². The van der Waals surface area contributed by atoms with Crippen LogP contribution in [0.3, 0.4) is 0 Å². The van der Waals surface area contributed by atoms with Crippen LogP contribution in [0.2, 0.25) is 0 Å². The normalized spacial score (nSPS) is 21.1. The fourth-order valence-corrected chi connectivity index (χ4v) is 3.52. The maximum Gasteiger partial charge on any atom is 0.404 e. The van der Waals surface area contributed by atoms with Crippen molar-refractivity contribution in [2.45, 2.75) is 38.4 Å². The Morgan fingerprint density at radius 1 is 1.44 bits per heavy atom. The number of nitrogen functional groups attached to an aromatic ring is 1. The minimum Gasteiger partial charge on any atom is -0.465 e. The predicted octanol–water partition coefficient (Wildman–Crippen LogP) is 2.46. The molecule has 8 heteroatoms. The van der Waals surface area contributed by atoms with Gasteiger partial charge in [0, 0.05) is 25.7 Å². The van der Waals surface area contributed by atoms with E-state index < -0.39 is 18.3 Å². The van der Waals surface area contributed by atoms with Gasteiger partial charge in [0.1, 0.15) is 6.17 Å². The van der Waals surface area contributed by atoms with Gasteiger partial charge in [-0.15, -0.1) is 0 Å². The number of hydrogen-bond donors (Lipinski definition) is 3. The summed E-state index contributed by atoms with van der Waals surface area (Å²) in [5.74, 6) is 0.909. The Balaban J connectivity index is 1.97. The fraction of sp³-hybridized carbons (Fsp3) is 0.529. The van der Waals surface area contributed by atoms with Crippen molar-refractivity contribution in [3.8, 4) is 0 Å². The molecular weight excluding hydrogens is 325 g/mol. The molecule has 1 aliphatic heterocycles. The topological polar surface area (TPSA) is 96.4 Å². The standard InChI is InChI=1S/C17H24FN5O2/c1-9(2)12-5-15-14(6-13(12)19)21-16(22(15)3)23-7-10(18)4-11(8-23)20-17(24)25/h5-6,9-11,20H,4,7-8,19H2,1-3H3,(H,24,25)/t10-,11-/m1/s1. The Morgan fingerprint density at radius 2 is 2.16 bits per heavy atom. The second-order valence-corrected chi connectivity index (χ2v) is 6.98. The first kappa shape index (κ1) is 17.3. The number of nitrogens with two attached hydrogens (primary N) is 1. The minimum atomic E-state index is -1.14. The first-order valence-corrected chi connectivity index (χ1v) is 8.40. The van der Waals surface area contributed by atoms with Crippen molar-refractivity contribution >= 4 is 28.8 Å². The zero-order valence-electron chi connectivity index (χ0n) is 14.7. The number of benzene rings is 1. The monoisotopic (exact) mass is 349 g/mol. The van der Waals surface area contributed by atoms with E-state index in [2.05, 4.69) is 24.1 Å². The number of imidazole rings is 1. The van der Waals surface area contributed by atoms with Crippen LogP contribution in [0.25, 0.3) is 11.0 Å².